The van der Waals surface area contributed by atoms with E-state index in [2.05, 4.69) is 0 Å². The first-order chi connectivity index (χ1) is 14.6. The van der Waals surface area contributed by atoms with Crippen molar-refractivity contribution in [3.05, 3.63) is 63.5 Å². The highest BCUT2D eigenvalue weighted by Gasteiger charge is 2.26. The maximum absolute atomic E-state index is 13.3. The molecule has 1 aromatic heterocycles. The molecule has 0 bridgehead atoms. The van der Waals surface area contributed by atoms with Crippen LogP contribution in [-0.4, -0.2) is 20.9 Å². The monoisotopic (exact) mass is 420 g/mol. The van der Waals surface area contributed by atoms with Crippen LogP contribution in [0.15, 0.2) is 51.4 Å². The van der Waals surface area contributed by atoms with Gasteiger partial charge in [0.05, 0.1) is 11.1 Å². The molecule has 0 saturated carbocycles. The fourth-order valence-electron chi connectivity index (χ4n) is 3.65. The van der Waals surface area contributed by atoms with Crippen molar-refractivity contribution < 1.29 is 24.5 Å². The second kappa shape index (κ2) is 7.23. The fraction of sp³-hybridized carbons (Fsp3) is 0.240. The Morgan fingerprint density at radius 2 is 1.84 bits per heavy atom. The maximum atomic E-state index is 13.3. The van der Waals surface area contributed by atoms with Gasteiger partial charge in [-0.1, -0.05) is 11.6 Å². The number of phenolic OH excluding ortho intramolecular Hbond substituents is 3. The van der Waals surface area contributed by atoms with Crippen LogP contribution >= 0.6 is 0 Å². The van der Waals surface area contributed by atoms with Crippen molar-refractivity contribution in [2.45, 2.75) is 39.7 Å². The number of ether oxygens (including phenoxy) is 1. The Morgan fingerprint density at radius 1 is 1.10 bits per heavy atom. The summed E-state index contributed by atoms with van der Waals surface area (Å²) < 4.78 is 11.4. The molecule has 2 aromatic carbocycles. The average Bonchev–Trinajstić information content (AvgIpc) is 2.67. The first-order valence-electron chi connectivity index (χ1n) is 9.96. The van der Waals surface area contributed by atoms with E-state index in [-0.39, 0.29) is 51.3 Å². The molecule has 3 N–H and O–H groups in total. The molecule has 0 radical (unpaired) electrons. The van der Waals surface area contributed by atoms with Gasteiger partial charge in [0.2, 0.25) is 5.43 Å². The summed E-state index contributed by atoms with van der Waals surface area (Å²) in [4.78, 5) is 13.3. The van der Waals surface area contributed by atoms with Crippen molar-refractivity contribution in [2.75, 3.05) is 0 Å². The van der Waals surface area contributed by atoms with Gasteiger partial charge in [-0.2, -0.15) is 0 Å². The first kappa shape index (κ1) is 20.6. The Labute approximate surface area is 179 Å². The lowest BCUT2D eigenvalue weighted by molar-refractivity contribution is 0.158. The molecule has 0 unspecified atom stereocenters. The Balaban J connectivity index is 1.91. The van der Waals surface area contributed by atoms with Gasteiger partial charge in [0.1, 0.15) is 45.8 Å². The summed E-state index contributed by atoms with van der Waals surface area (Å²) in [5.41, 5.74) is 1.14. The Hall–Kier alpha value is -3.67. The summed E-state index contributed by atoms with van der Waals surface area (Å²) in [6.07, 6.45) is 6.91. The lowest BCUT2D eigenvalue weighted by atomic mass is 9.96. The second-order valence-electron chi connectivity index (χ2n) is 8.47. The molecule has 0 amide bonds. The molecule has 0 spiro atoms. The zero-order chi connectivity index (χ0) is 22.5. The quantitative estimate of drug-likeness (QED) is 0.499. The largest absolute Gasteiger partial charge is 0.507 e. The molecule has 0 fully saturated rings. The van der Waals surface area contributed by atoms with Gasteiger partial charge in [0.15, 0.2) is 0 Å². The zero-order valence-electron chi connectivity index (χ0n) is 17.8. The molecule has 0 saturated heterocycles. The fourth-order valence-corrected chi connectivity index (χ4v) is 3.65. The van der Waals surface area contributed by atoms with Crippen molar-refractivity contribution in [1.82, 2.24) is 0 Å². The van der Waals surface area contributed by atoms with Gasteiger partial charge in [0, 0.05) is 17.2 Å². The van der Waals surface area contributed by atoms with Gasteiger partial charge >= 0.3 is 0 Å². The highest BCUT2D eigenvalue weighted by molar-refractivity contribution is 5.91. The predicted octanol–water partition coefficient (Wildman–Crippen LogP) is 5.27. The number of allylic oxidation sites excluding steroid dienone is 2. The smallest absolute Gasteiger partial charge is 0.204 e. The lowest BCUT2D eigenvalue weighted by Gasteiger charge is -2.28. The minimum absolute atomic E-state index is 0.0440. The number of hydrogen-bond acceptors (Lipinski definition) is 6. The highest BCUT2D eigenvalue weighted by Crippen LogP contribution is 2.42. The van der Waals surface area contributed by atoms with E-state index >= 15 is 0 Å². The van der Waals surface area contributed by atoms with Crippen molar-refractivity contribution in [1.29, 1.82) is 0 Å². The van der Waals surface area contributed by atoms with E-state index in [1.165, 1.54) is 12.3 Å². The summed E-state index contributed by atoms with van der Waals surface area (Å²) in [6, 6.07) is 4.60. The highest BCUT2D eigenvalue weighted by atomic mass is 16.5. The van der Waals surface area contributed by atoms with Gasteiger partial charge in [0.25, 0.3) is 0 Å². The Morgan fingerprint density at radius 3 is 2.55 bits per heavy atom. The van der Waals surface area contributed by atoms with Crippen LogP contribution in [-0.2, 0) is 6.42 Å². The number of rotatable bonds is 3. The topological polar surface area (TPSA) is 100 Å². The summed E-state index contributed by atoms with van der Waals surface area (Å²) >= 11 is 0. The SMILES string of the molecule is CC(C)=CCc1c(O)cc2occ(-c3ccc4c(c3O)C=CC(C)(C)O4)c(=O)c2c1O. The number of fused-ring (bicyclic) bond motifs is 2. The summed E-state index contributed by atoms with van der Waals surface area (Å²) in [5.74, 6) is -0.0832. The van der Waals surface area contributed by atoms with Crippen LogP contribution in [0.1, 0.15) is 38.8 Å². The zero-order valence-corrected chi connectivity index (χ0v) is 17.8. The summed E-state index contributed by atoms with van der Waals surface area (Å²) in [5, 5.41) is 31.9. The van der Waals surface area contributed by atoms with Gasteiger partial charge in [-0.15, -0.1) is 0 Å². The Bertz CT molecular complexity index is 1320. The molecule has 0 aliphatic carbocycles. The van der Waals surface area contributed by atoms with Crippen LogP contribution in [0.4, 0.5) is 0 Å². The van der Waals surface area contributed by atoms with Gasteiger partial charge in [-0.25, -0.2) is 0 Å². The van der Waals surface area contributed by atoms with Gasteiger partial charge in [-0.05, 0) is 58.4 Å². The number of hydrogen-bond donors (Lipinski definition) is 3. The van der Waals surface area contributed by atoms with E-state index in [0.717, 1.165) is 5.57 Å². The predicted molar refractivity (Wildman–Crippen MR) is 120 cm³/mol. The van der Waals surface area contributed by atoms with E-state index in [0.29, 0.717) is 11.3 Å². The van der Waals surface area contributed by atoms with Crippen LogP contribution in [0.3, 0.4) is 0 Å². The van der Waals surface area contributed by atoms with Crippen LogP contribution in [0.25, 0.3) is 28.2 Å². The lowest BCUT2D eigenvalue weighted by Crippen LogP contribution is -2.27. The van der Waals surface area contributed by atoms with E-state index in [9.17, 15) is 20.1 Å². The van der Waals surface area contributed by atoms with E-state index in [1.807, 2.05) is 39.8 Å². The van der Waals surface area contributed by atoms with Crippen molar-refractivity contribution in [3.8, 4) is 34.1 Å². The minimum Gasteiger partial charge on any atom is -0.507 e. The van der Waals surface area contributed by atoms with Crippen LogP contribution in [0.5, 0.6) is 23.0 Å². The molecular weight excluding hydrogens is 396 g/mol. The molecular formula is C25H24O6. The molecule has 0 atom stereocenters. The molecule has 1 aliphatic heterocycles. The number of aromatic hydroxyl groups is 3. The van der Waals surface area contributed by atoms with E-state index < -0.39 is 11.0 Å². The average molecular weight is 420 g/mol. The Kier molecular flexibility index (Phi) is 4.81. The van der Waals surface area contributed by atoms with Gasteiger partial charge < -0.3 is 24.5 Å². The molecule has 4 rings (SSSR count). The van der Waals surface area contributed by atoms with E-state index in [1.54, 1.807) is 18.2 Å². The summed E-state index contributed by atoms with van der Waals surface area (Å²) in [7, 11) is 0. The maximum Gasteiger partial charge on any atom is 0.204 e. The van der Waals surface area contributed by atoms with Crippen LogP contribution in [0, 0.1) is 0 Å². The minimum atomic E-state index is -0.506. The van der Waals surface area contributed by atoms with E-state index in [4.69, 9.17) is 9.15 Å². The number of benzene rings is 2. The molecule has 6 nitrogen and oxygen atoms in total. The molecule has 2 heterocycles. The molecule has 1 aliphatic rings. The normalized spacial score (nSPS) is 14.2. The number of phenols is 3. The van der Waals surface area contributed by atoms with Crippen LogP contribution < -0.4 is 10.2 Å². The van der Waals surface area contributed by atoms with Crippen molar-refractivity contribution in [2.24, 2.45) is 0 Å². The molecule has 160 valence electrons. The standard InChI is InChI=1S/C25H24O6/c1-13(2)5-6-15-18(26)11-20-21(23(15)28)24(29)17(12-30-20)14-7-8-19-16(22(14)27)9-10-25(3,4)31-19/h5,7-12,26-28H,6H2,1-4H3. The molecule has 31 heavy (non-hydrogen) atoms. The second-order valence-corrected chi connectivity index (χ2v) is 8.47. The third kappa shape index (κ3) is 3.54. The summed E-state index contributed by atoms with van der Waals surface area (Å²) in [6.45, 7) is 7.61. The third-order valence-corrected chi connectivity index (χ3v) is 5.33. The van der Waals surface area contributed by atoms with Crippen LogP contribution in [0.2, 0.25) is 0 Å². The first-order valence-corrected chi connectivity index (χ1v) is 9.96. The van der Waals surface area contributed by atoms with Crippen molar-refractivity contribution in [3.63, 3.8) is 0 Å². The third-order valence-electron chi connectivity index (χ3n) is 5.33. The molecule has 6 heteroatoms. The van der Waals surface area contributed by atoms with Gasteiger partial charge in [-0.3, -0.25) is 4.79 Å². The molecule has 3 aromatic rings. The van der Waals surface area contributed by atoms with Crippen molar-refractivity contribution >= 4 is 17.0 Å².